The van der Waals surface area contributed by atoms with Crippen LogP contribution in [0.2, 0.25) is 0 Å². The molecule has 0 bridgehead atoms. The van der Waals surface area contributed by atoms with Gasteiger partial charge in [-0.1, -0.05) is 15.9 Å². The Morgan fingerprint density at radius 3 is 2.83 bits per heavy atom. The number of benzene rings is 1. The normalized spacial score (nSPS) is 21.6. The van der Waals surface area contributed by atoms with Gasteiger partial charge in [0, 0.05) is 33.7 Å². The molecule has 1 aliphatic rings. The fourth-order valence-corrected chi connectivity index (χ4v) is 3.65. The second-order valence-electron chi connectivity index (χ2n) is 7.24. The monoisotopic (exact) mass is 378 g/mol. The number of rotatable bonds is 2. The van der Waals surface area contributed by atoms with Crippen LogP contribution in [-0.2, 0) is 4.74 Å². The molecule has 124 valence electrons. The zero-order valence-corrected chi connectivity index (χ0v) is 15.4. The van der Waals surface area contributed by atoms with Crippen LogP contribution in [0.1, 0.15) is 46.1 Å². The summed E-state index contributed by atoms with van der Waals surface area (Å²) in [5.41, 5.74) is 0.794. The molecule has 1 aromatic carbocycles. The summed E-state index contributed by atoms with van der Waals surface area (Å²) in [4.78, 5) is 11.9. The first-order valence-electron chi connectivity index (χ1n) is 8.07. The summed E-state index contributed by atoms with van der Waals surface area (Å²) in [7, 11) is 0. The van der Waals surface area contributed by atoms with Crippen molar-refractivity contribution in [2.45, 2.75) is 57.7 Å². The van der Waals surface area contributed by atoms with Gasteiger partial charge in [0.1, 0.15) is 5.60 Å². The summed E-state index contributed by atoms with van der Waals surface area (Å²) >= 11 is 3.52. The summed E-state index contributed by atoms with van der Waals surface area (Å²) in [6, 6.07) is 9.11. The maximum Gasteiger partial charge on any atom is 0.407 e. The Hall–Kier alpha value is -1.49. The molecule has 0 saturated heterocycles. The molecule has 0 spiro atoms. The van der Waals surface area contributed by atoms with Crippen molar-refractivity contribution in [2.24, 2.45) is 0 Å². The minimum atomic E-state index is -0.452. The summed E-state index contributed by atoms with van der Waals surface area (Å²) in [5, 5.41) is 4.24. The second-order valence-corrected chi connectivity index (χ2v) is 8.15. The number of amides is 1. The molecule has 1 aliphatic carbocycles. The zero-order chi connectivity index (χ0) is 16.6. The molecule has 1 fully saturated rings. The van der Waals surface area contributed by atoms with Crippen molar-refractivity contribution in [2.75, 3.05) is 0 Å². The molecule has 1 aromatic heterocycles. The summed E-state index contributed by atoms with van der Waals surface area (Å²) in [6.45, 7) is 5.65. The summed E-state index contributed by atoms with van der Waals surface area (Å²) in [6.07, 6.45) is 4.83. The fourth-order valence-electron chi connectivity index (χ4n) is 3.27. The lowest BCUT2D eigenvalue weighted by Gasteiger charge is -2.22. The lowest BCUT2D eigenvalue weighted by atomic mass is 10.2. The Labute approximate surface area is 145 Å². The number of carbonyl (C=O) groups is 1. The van der Waals surface area contributed by atoms with E-state index in [1.54, 1.807) is 0 Å². The van der Waals surface area contributed by atoms with Crippen LogP contribution in [0.5, 0.6) is 0 Å². The Balaban J connectivity index is 1.66. The van der Waals surface area contributed by atoms with E-state index in [1.165, 1.54) is 10.9 Å². The van der Waals surface area contributed by atoms with E-state index in [1.807, 2.05) is 20.8 Å². The Morgan fingerprint density at radius 2 is 2.09 bits per heavy atom. The van der Waals surface area contributed by atoms with Crippen molar-refractivity contribution in [1.29, 1.82) is 0 Å². The van der Waals surface area contributed by atoms with Crippen LogP contribution in [0.15, 0.2) is 34.9 Å². The fraction of sp³-hybridized carbons (Fsp3) is 0.500. The lowest BCUT2D eigenvalue weighted by molar-refractivity contribution is 0.0505. The highest BCUT2D eigenvalue weighted by atomic mass is 79.9. The van der Waals surface area contributed by atoms with Gasteiger partial charge in [-0.3, -0.25) is 0 Å². The largest absolute Gasteiger partial charge is 0.444 e. The van der Waals surface area contributed by atoms with Crippen molar-refractivity contribution in [3.63, 3.8) is 0 Å². The Kier molecular flexibility index (Phi) is 4.41. The van der Waals surface area contributed by atoms with E-state index in [9.17, 15) is 4.79 Å². The third-order valence-corrected chi connectivity index (χ3v) is 4.69. The number of halogens is 1. The molecular formula is C18H23BrN2O2. The molecule has 0 radical (unpaired) electrons. The molecule has 1 heterocycles. The van der Waals surface area contributed by atoms with E-state index < -0.39 is 5.60 Å². The first kappa shape index (κ1) is 16.4. The number of nitrogens with one attached hydrogen (secondary N) is 1. The van der Waals surface area contributed by atoms with Gasteiger partial charge in [-0.25, -0.2) is 4.79 Å². The Bertz CT molecular complexity index is 717. The van der Waals surface area contributed by atoms with Crippen LogP contribution in [0, 0.1) is 0 Å². The molecule has 0 aliphatic heterocycles. The maximum absolute atomic E-state index is 11.9. The highest BCUT2D eigenvalue weighted by Crippen LogP contribution is 2.34. The molecule has 2 aromatic rings. The van der Waals surface area contributed by atoms with Gasteiger partial charge in [0.05, 0.1) is 0 Å². The van der Waals surface area contributed by atoms with Gasteiger partial charge in [0.2, 0.25) is 0 Å². The van der Waals surface area contributed by atoms with E-state index in [-0.39, 0.29) is 12.1 Å². The van der Waals surface area contributed by atoms with E-state index >= 15 is 0 Å². The average Bonchev–Trinajstić information content (AvgIpc) is 3.02. The molecule has 4 nitrogen and oxygen atoms in total. The molecule has 2 atom stereocenters. The van der Waals surface area contributed by atoms with Crippen LogP contribution in [0.3, 0.4) is 0 Å². The van der Waals surface area contributed by atoms with Crippen molar-refractivity contribution < 1.29 is 9.53 Å². The average molecular weight is 379 g/mol. The maximum atomic E-state index is 11.9. The predicted octanol–water partition coefficient (Wildman–Crippen LogP) is 5.02. The van der Waals surface area contributed by atoms with E-state index in [4.69, 9.17) is 4.74 Å². The van der Waals surface area contributed by atoms with Crippen molar-refractivity contribution >= 4 is 32.9 Å². The van der Waals surface area contributed by atoms with Crippen LogP contribution in [-0.4, -0.2) is 22.3 Å². The number of carbonyl (C=O) groups excluding carboxylic acids is 1. The zero-order valence-electron chi connectivity index (χ0n) is 13.8. The van der Waals surface area contributed by atoms with E-state index in [2.05, 4.69) is 56.3 Å². The highest BCUT2D eigenvalue weighted by molar-refractivity contribution is 9.10. The standard InChI is InChI=1S/C18H23BrN2O2/c1-18(2,3)23-17(22)20-14-5-6-15(11-14)21-9-8-12-10-13(19)4-7-16(12)21/h4,7-10,14-15H,5-6,11H2,1-3H3,(H,20,22)/t14-,15?/m0/s1. The van der Waals surface area contributed by atoms with Gasteiger partial charge in [0.15, 0.2) is 0 Å². The summed E-state index contributed by atoms with van der Waals surface area (Å²) < 4.78 is 8.77. The van der Waals surface area contributed by atoms with Gasteiger partial charge < -0.3 is 14.6 Å². The number of nitrogens with zero attached hydrogens (tertiary/aromatic N) is 1. The van der Waals surface area contributed by atoms with Gasteiger partial charge in [-0.15, -0.1) is 0 Å². The van der Waals surface area contributed by atoms with Gasteiger partial charge in [0.25, 0.3) is 0 Å². The second kappa shape index (κ2) is 6.19. The molecule has 1 unspecified atom stereocenters. The smallest absolute Gasteiger partial charge is 0.407 e. The Morgan fingerprint density at radius 1 is 1.30 bits per heavy atom. The van der Waals surface area contributed by atoms with Crippen molar-refractivity contribution in [3.8, 4) is 0 Å². The van der Waals surface area contributed by atoms with Crippen LogP contribution in [0.4, 0.5) is 4.79 Å². The molecule has 1 saturated carbocycles. The minimum Gasteiger partial charge on any atom is -0.444 e. The van der Waals surface area contributed by atoms with Crippen molar-refractivity contribution in [3.05, 3.63) is 34.9 Å². The minimum absolute atomic E-state index is 0.183. The van der Waals surface area contributed by atoms with Crippen molar-refractivity contribution in [1.82, 2.24) is 9.88 Å². The SMILES string of the molecule is CC(C)(C)OC(=O)N[C@H]1CCC(n2ccc3cc(Br)ccc32)C1. The third kappa shape index (κ3) is 3.89. The molecule has 23 heavy (non-hydrogen) atoms. The third-order valence-electron chi connectivity index (χ3n) is 4.20. The number of ether oxygens (including phenoxy) is 1. The van der Waals surface area contributed by atoms with Crippen LogP contribution >= 0.6 is 15.9 Å². The first-order chi connectivity index (χ1) is 10.8. The van der Waals surface area contributed by atoms with Gasteiger partial charge in [-0.2, -0.15) is 0 Å². The first-order valence-corrected chi connectivity index (χ1v) is 8.87. The molecule has 5 heteroatoms. The number of fused-ring (bicyclic) bond motifs is 1. The molecule has 3 rings (SSSR count). The molecule has 1 amide bonds. The topological polar surface area (TPSA) is 43.3 Å². The predicted molar refractivity (Wildman–Crippen MR) is 95.7 cm³/mol. The molecule has 1 N–H and O–H groups in total. The number of aromatic nitrogens is 1. The quantitative estimate of drug-likeness (QED) is 0.796. The highest BCUT2D eigenvalue weighted by Gasteiger charge is 2.29. The summed E-state index contributed by atoms with van der Waals surface area (Å²) in [5.74, 6) is 0. The molecular weight excluding hydrogens is 356 g/mol. The van der Waals surface area contributed by atoms with Crippen LogP contribution < -0.4 is 5.32 Å². The lowest BCUT2D eigenvalue weighted by Crippen LogP contribution is -2.38. The number of alkyl carbamates (subject to hydrolysis) is 1. The van der Waals surface area contributed by atoms with E-state index in [0.717, 1.165) is 23.7 Å². The van der Waals surface area contributed by atoms with Crippen LogP contribution in [0.25, 0.3) is 10.9 Å². The number of hydrogen-bond acceptors (Lipinski definition) is 2. The number of hydrogen-bond donors (Lipinski definition) is 1. The van der Waals surface area contributed by atoms with Gasteiger partial charge in [-0.05, 0) is 64.3 Å². The van der Waals surface area contributed by atoms with E-state index in [0.29, 0.717) is 6.04 Å². The van der Waals surface area contributed by atoms with Gasteiger partial charge >= 0.3 is 6.09 Å².